The molecule has 6 nitrogen and oxygen atoms in total. The molecule has 0 spiro atoms. The summed E-state index contributed by atoms with van der Waals surface area (Å²) in [5, 5.41) is 9.91. The van der Waals surface area contributed by atoms with E-state index in [0.717, 1.165) is 17.1 Å². The number of pyridine rings is 1. The zero-order valence-corrected chi connectivity index (χ0v) is 11.3. The smallest absolute Gasteiger partial charge is 0.255 e. The van der Waals surface area contributed by atoms with E-state index >= 15 is 0 Å². The van der Waals surface area contributed by atoms with E-state index in [0.29, 0.717) is 12.1 Å². The van der Waals surface area contributed by atoms with Gasteiger partial charge in [-0.25, -0.2) is 0 Å². The lowest BCUT2D eigenvalue weighted by Gasteiger charge is -2.10. The Balaban J connectivity index is 2.10. The number of nitrogens with one attached hydrogen (secondary N) is 2. The van der Waals surface area contributed by atoms with Gasteiger partial charge < -0.3 is 10.6 Å². The van der Waals surface area contributed by atoms with Crippen LogP contribution in [0.2, 0.25) is 0 Å². The number of anilines is 1. The highest BCUT2D eigenvalue weighted by Gasteiger charge is 2.11. The summed E-state index contributed by atoms with van der Waals surface area (Å²) in [5.41, 5.74) is 3.12. The van der Waals surface area contributed by atoms with Gasteiger partial charge in [0.2, 0.25) is 0 Å². The Morgan fingerprint density at radius 2 is 2.26 bits per heavy atom. The Bertz CT molecular complexity index is 590. The fourth-order valence-corrected chi connectivity index (χ4v) is 1.79. The molecule has 2 aromatic rings. The van der Waals surface area contributed by atoms with Crippen LogP contribution in [0.15, 0.2) is 24.5 Å². The molecule has 0 atom stereocenters. The lowest BCUT2D eigenvalue weighted by atomic mass is 10.2. The molecule has 0 unspecified atom stereocenters. The van der Waals surface area contributed by atoms with Crippen molar-refractivity contribution in [1.29, 1.82) is 0 Å². The van der Waals surface area contributed by atoms with E-state index in [9.17, 15) is 4.79 Å². The number of carbonyl (C=O) groups excluding carboxylic acids is 1. The van der Waals surface area contributed by atoms with Crippen LogP contribution < -0.4 is 10.6 Å². The maximum atomic E-state index is 12.1. The highest BCUT2D eigenvalue weighted by atomic mass is 16.1. The van der Waals surface area contributed by atoms with Crippen LogP contribution in [0.25, 0.3) is 0 Å². The van der Waals surface area contributed by atoms with Gasteiger partial charge in [0, 0.05) is 32.2 Å². The first kappa shape index (κ1) is 13.1. The Kier molecular flexibility index (Phi) is 3.79. The molecule has 2 heterocycles. The molecule has 2 rings (SSSR count). The Labute approximate surface area is 111 Å². The summed E-state index contributed by atoms with van der Waals surface area (Å²) in [5.74, 6) is -0.155. The summed E-state index contributed by atoms with van der Waals surface area (Å²) in [7, 11) is 3.63. The number of amides is 1. The molecule has 6 heteroatoms. The van der Waals surface area contributed by atoms with Crippen molar-refractivity contribution in [3.05, 3.63) is 41.5 Å². The summed E-state index contributed by atoms with van der Waals surface area (Å²) in [4.78, 5) is 16.3. The Morgan fingerprint density at radius 3 is 2.89 bits per heavy atom. The van der Waals surface area contributed by atoms with E-state index in [-0.39, 0.29) is 5.91 Å². The third-order valence-electron chi connectivity index (χ3n) is 2.91. The Hall–Kier alpha value is -2.37. The van der Waals surface area contributed by atoms with Crippen molar-refractivity contribution >= 4 is 11.6 Å². The first-order valence-corrected chi connectivity index (χ1v) is 6.01. The van der Waals surface area contributed by atoms with Crippen molar-refractivity contribution in [2.24, 2.45) is 7.05 Å². The predicted octanol–water partition coefficient (Wildman–Crippen LogP) is 1.10. The van der Waals surface area contributed by atoms with E-state index in [2.05, 4.69) is 20.7 Å². The second kappa shape index (κ2) is 5.51. The molecule has 100 valence electrons. The van der Waals surface area contributed by atoms with Crippen molar-refractivity contribution < 1.29 is 4.79 Å². The number of aromatic nitrogens is 3. The fourth-order valence-electron chi connectivity index (χ4n) is 1.79. The van der Waals surface area contributed by atoms with Crippen LogP contribution in [0.5, 0.6) is 0 Å². The third-order valence-corrected chi connectivity index (χ3v) is 2.91. The number of aryl methyl sites for hydroxylation is 2. The van der Waals surface area contributed by atoms with Gasteiger partial charge in [-0.2, -0.15) is 5.10 Å². The molecule has 0 fully saturated rings. The van der Waals surface area contributed by atoms with Gasteiger partial charge in [0.05, 0.1) is 23.5 Å². The molecule has 0 saturated carbocycles. The van der Waals surface area contributed by atoms with E-state index in [1.807, 2.05) is 26.1 Å². The van der Waals surface area contributed by atoms with Crippen LogP contribution >= 0.6 is 0 Å². The molecule has 0 saturated heterocycles. The third kappa shape index (κ3) is 2.90. The molecule has 0 aliphatic heterocycles. The summed E-state index contributed by atoms with van der Waals surface area (Å²) in [6.07, 6.45) is 3.29. The van der Waals surface area contributed by atoms with Gasteiger partial charge >= 0.3 is 0 Å². The summed E-state index contributed by atoms with van der Waals surface area (Å²) in [6.45, 7) is 2.32. The monoisotopic (exact) mass is 259 g/mol. The molecule has 0 aliphatic carbocycles. The molecule has 19 heavy (non-hydrogen) atoms. The minimum atomic E-state index is -0.155. The average Bonchev–Trinajstić information content (AvgIpc) is 2.81. The van der Waals surface area contributed by atoms with Gasteiger partial charge in [-0.15, -0.1) is 0 Å². The van der Waals surface area contributed by atoms with Crippen molar-refractivity contribution in [1.82, 2.24) is 20.1 Å². The second-order valence-corrected chi connectivity index (χ2v) is 4.25. The number of carbonyl (C=O) groups is 1. The second-order valence-electron chi connectivity index (χ2n) is 4.25. The van der Waals surface area contributed by atoms with Crippen LogP contribution in [0.4, 0.5) is 5.69 Å². The van der Waals surface area contributed by atoms with Gasteiger partial charge in [-0.3, -0.25) is 14.5 Å². The van der Waals surface area contributed by atoms with E-state index in [4.69, 9.17) is 0 Å². The highest BCUT2D eigenvalue weighted by molar-refractivity contribution is 5.99. The minimum absolute atomic E-state index is 0.155. The van der Waals surface area contributed by atoms with E-state index < -0.39 is 0 Å². The van der Waals surface area contributed by atoms with Gasteiger partial charge in [0.1, 0.15) is 0 Å². The molecule has 1 amide bonds. The molecule has 0 radical (unpaired) electrons. The average molecular weight is 259 g/mol. The first-order chi connectivity index (χ1) is 9.11. The van der Waals surface area contributed by atoms with Crippen molar-refractivity contribution in [2.45, 2.75) is 13.5 Å². The molecule has 0 aliphatic rings. The van der Waals surface area contributed by atoms with Crippen molar-refractivity contribution in [3.63, 3.8) is 0 Å². The molecule has 0 bridgehead atoms. The standard InChI is InChI=1S/C13H17N5O/c1-9-6-12(14-2)11(8-15-9)13(19)16-7-10-4-5-17-18(10)3/h4-6,8H,7H2,1-3H3,(H,14,15)(H,16,19). The van der Waals surface area contributed by atoms with Crippen LogP contribution in [0, 0.1) is 6.92 Å². The summed E-state index contributed by atoms with van der Waals surface area (Å²) >= 11 is 0. The lowest BCUT2D eigenvalue weighted by molar-refractivity contribution is 0.0950. The fraction of sp³-hybridized carbons (Fsp3) is 0.308. The quantitative estimate of drug-likeness (QED) is 0.862. The van der Waals surface area contributed by atoms with Gasteiger partial charge in [-0.05, 0) is 19.1 Å². The summed E-state index contributed by atoms with van der Waals surface area (Å²) in [6, 6.07) is 3.71. The number of hydrogen-bond donors (Lipinski definition) is 2. The molecule has 2 N–H and O–H groups in total. The molecular weight excluding hydrogens is 242 g/mol. The zero-order chi connectivity index (χ0) is 13.8. The Morgan fingerprint density at radius 1 is 1.47 bits per heavy atom. The normalized spacial score (nSPS) is 10.3. The highest BCUT2D eigenvalue weighted by Crippen LogP contribution is 2.14. The number of nitrogens with zero attached hydrogens (tertiary/aromatic N) is 3. The van der Waals surface area contributed by atoms with Crippen LogP contribution in [-0.4, -0.2) is 27.7 Å². The van der Waals surface area contributed by atoms with E-state index in [1.54, 1.807) is 24.1 Å². The van der Waals surface area contributed by atoms with Crippen molar-refractivity contribution in [3.8, 4) is 0 Å². The summed E-state index contributed by atoms with van der Waals surface area (Å²) < 4.78 is 1.73. The van der Waals surface area contributed by atoms with Gasteiger partial charge in [-0.1, -0.05) is 0 Å². The van der Waals surface area contributed by atoms with Gasteiger partial charge in [0.25, 0.3) is 5.91 Å². The SMILES string of the molecule is CNc1cc(C)ncc1C(=O)NCc1ccnn1C. The first-order valence-electron chi connectivity index (χ1n) is 6.01. The zero-order valence-electron chi connectivity index (χ0n) is 11.3. The molecule has 2 aromatic heterocycles. The maximum absolute atomic E-state index is 12.1. The minimum Gasteiger partial charge on any atom is -0.387 e. The molecule has 0 aromatic carbocycles. The lowest BCUT2D eigenvalue weighted by Crippen LogP contribution is -2.25. The van der Waals surface area contributed by atoms with Crippen molar-refractivity contribution in [2.75, 3.05) is 12.4 Å². The topological polar surface area (TPSA) is 71.8 Å². The maximum Gasteiger partial charge on any atom is 0.255 e. The van der Waals surface area contributed by atoms with Crippen LogP contribution in [-0.2, 0) is 13.6 Å². The van der Waals surface area contributed by atoms with E-state index in [1.165, 1.54) is 0 Å². The number of hydrogen-bond acceptors (Lipinski definition) is 4. The largest absolute Gasteiger partial charge is 0.387 e. The predicted molar refractivity (Wildman–Crippen MR) is 72.9 cm³/mol. The van der Waals surface area contributed by atoms with Gasteiger partial charge in [0.15, 0.2) is 0 Å². The van der Waals surface area contributed by atoms with Crippen LogP contribution in [0.3, 0.4) is 0 Å². The number of rotatable bonds is 4. The van der Waals surface area contributed by atoms with Crippen LogP contribution in [0.1, 0.15) is 21.7 Å². The molecular formula is C13H17N5O.